The van der Waals surface area contributed by atoms with Crippen molar-refractivity contribution < 1.29 is 4.42 Å². The third-order valence-electron chi connectivity index (χ3n) is 10.5. The number of hydrogen-bond acceptors (Lipinski definition) is 5. The lowest BCUT2D eigenvalue weighted by atomic mass is 9.95. The second kappa shape index (κ2) is 12.6. The van der Waals surface area contributed by atoms with E-state index in [1.807, 2.05) is 66.7 Å². The van der Waals surface area contributed by atoms with Crippen molar-refractivity contribution in [2.45, 2.75) is 0 Å². The average molecular weight is 703 g/mol. The van der Waals surface area contributed by atoms with Crippen LogP contribution in [0.3, 0.4) is 0 Å². The van der Waals surface area contributed by atoms with Crippen molar-refractivity contribution in [2.75, 3.05) is 0 Å². The summed E-state index contributed by atoms with van der Waals surface area (Å²) in [5.41, 5.74) is 7.66. The van der Waals surface area contributed by atoms with Gasteiger partial charge < -0.3 is 4.42 Å². The molecule has 0 N–H and O–H groups in total. The van der Waals surface area contributed by atoms with Crippen molar-refractivity contribution in [2.24, 2.45) is 0 Å². The highest BCUT2D eigenvalue weighted by atomic mass is 16.3. The first-order chi connectivity index (χ1) is 27.2. The molecule has 0 spiro atoms. The molecular weight excluding hydrogens is 673 g/mol. The van der Waals surface area contributed by atoms with Crippen molar-refractivity contribution in [3.8, 4) is 56.7 Å². The third-order valence-corrected chi connectivity index (χ3v) is 10.5. The molecule has 0 amide bonds. The fourth-order valence-corrected chi connectivity index (χ4v) is 7.72. The van der Waals surface area contributed by atoms with Crippen LogP contribution in [0.1, 0.15) is 0 Å². The van der Waals surface area contributed by atoms with E-state index in [4.69, 9.17) is 24.4 Å². The normalized spacial score (nSPS) is 11.6. The second-order valence-electron chi connectivity index (χ2n) is 13.9. The molecule has 11 aromatic rings. The van der Waals surface area contributed by atoms with E-state index in [2.05, 4.69) is 115 Å². The number of fused-ring (bicyclic) bond motifs is 8. The van der Waals surface area contributed by atoms with Gasteiger partial charge in [0.05, 0.1) is 0 Å². The first-order valence-corrected chi connectivity index (χ1v) is 18.4. The number of oxazole rings is 1. The minimum atomic E-state index is 0.616. The molecule has 256 valence electrons. The van der Waals surface area contributed by atoms with Crippen LogP contribution in [-0.4, -0.2) is 19.9 Å². The van der Waals surface area contributed by atoms with E-state index in [9.17, 15) is 0 Å². The Labute approximate surface area is 316 Å². The minimum Gasteiger partial charge on any atom is -0.435 e. The summed E-state index contributed by atoms with van der Waals surface area (Å²) in [6, 6.07) is 63.0. The van der Waals surface area contributed by atoms with Gasteiger partial charge in [0.1, 0.15) is 5.52 Å². The van der Waals surface area contributed by atoms with Crippen LogP contribution in [0.5, 0.6) is 0 Å². The van der Waals surface area contributed by atoms with Crippen LogP contribution in [0.2, 0.25) is 0 Å². The maximum atomic E-state index is 6.54. The predicted octanol–water partition coefficient (Wildman–Crippen LogP) is 13.0. The van der Waals surface area contributed by atoms with Gasteiger partial charge in [-0.05, 0) is 73.8 Å². The molecule has 9 aromatic carbocycles. The molecule has 2 aromatic heterocycles. The van der Waals surface area contributed by atoms with E-state index in [1.165, 1.54) is 16.3 Å². The average Bonchev–Trinajstić information content (AvgIpc) is 3.71. The smallest absolute Gasteiger partial charge is 0.227 e. The lowest BCUT2D eigenvalue weighted by molar-refractivity contribution is 0.623. The van der Waals surface area contributed by atoms with Gasteiger partial charge in [-0.1, -0.05) is 152 Å². The Morgan fingerprint density at radius 3 is 1.56 bits per heavy atom. The molecule has 0 aliphatic carbocycles. The summed E-state index contributed by atoms with van der Waals surface area (Å²) in [6.07, 6.45) is 0. The zero-order valence-electron chi connectivity index (χ0n) is 29.5. The summed E-state index contributed by atoms with van der Waals surface area (Å²) >= 11 is 0. The number of hydrogen-bond donors (Lipinski definition) is 0. The highest BCUT2D eigenvalue weighted by Crippen LogP contribution is 2.39. The molecule has 2 heterocycles. The van der Waals surface area contributed by atoms with Crippen LogP contribution in [0.4, 0.5) is 0 Å². The van der Waals surface area contributed by atoms with E-state index in [0.29, 0.717) is 23.4 Å². The minimum absolute atomic E-state index is 0.616. The van der Waals surface area contributed by atoms with Gasteiger partial charge in [-0.3, -0.25) is 0 Å². The molecule has 0 saturated heterocycles. The van der Waals surface area contributed by atoms with Crippen molar-refractivity contribution in [1.29, 1.82) is 0 Å². The maximum absolute atomic E-state index is 6.54. The van der Waals surface area contributed by atoms with E-state index in [-0.39, 0.29) is 0 Å². The van der Waals surface area contributed by atoms with E-state index >= 15 is 0 Å². The van der Waals surface area contributed by atoms with Gasteiger partial charge in [0.15, 0.2) is 23.1 Å². The third kappa shape index (κ3) is 5.41. The molecule has 5 nitrogen and oxygen atoms in total. The highest BCUT2D eigenvalue weighted by Gasteiger charge is 2.17. The van der Waals surface area contributed by atoms with Crippen molar-refractivity contribution in [1.82, 2.24) is 19.9 Å². The van der Waals surface area contributed by atoms with Crippen LogP contribution >= 0.6 is 0 Å². The molecule has 0 unspecified atom stereocenters. The summed E-state index contributed by atoms with van der Waals surface area (Å²) in [7, 11) is 0. The van der Waals surface area contributed by atoms with Crippen LogP contribution in [0, 0.1) is 0 Å². The van der Waals surface area contributed by atoms with Gasteiger partial charge in [-0.15, -0.1) is 0 Å². The molecule has 0 radical (unpaired) electrons. The van der Waals surface area contributed by atoms with Gasteiger partial charge in [0.25, 0.3) is 0 Å². The topological polar surface area (TPSA) is 64.7 Å². The van der Waals surface area contributed by atoms with Gasteiger partial charge in [-0.2, -0.15) is 0 Å². The van der Waals surface area contributed by atoms with Crippen molar-refractivity contribution in [3.63, 3.8) is 0 Å². The SMILES string of the molecule is c1ccc(-c2nc(-c3ccc(-c4ccc5ccccc5c4)cc3)nc(-c3ccc4c(ccc5ccc6ccc7nc(-c8ccccc8)oc7c6c54)c3)n2)cc1. The maximum Gasteiger partial charge on any atom is 0.227 e. The summed E-state index contributed by atoms with van der Waals surface area (Å²) in [6.45, 7) is 0. The molecule has 5 heteroatoms. The van der Waals surface area contributed by atoms with Crippen molar-refractivity contribution >= 4 is 54.2 Å². The fraction of sp³-hybridized carbons (Fsp3) is 0. The lowest BCUT2D eigenvalue weighted by Gasteiger charge is -2.11. The standard InChI is InChI=1S/C50H30N4O/c1-3-10-35(11-4-1)47-52-48(36-21-15-32(16-22-36)39-23-17-31-9-7-8-14-38(31)29-39)54-49(53-47)41-25-27-42-40(30-41)24-20-33-18-19-34-26-28-43-46(45(34)44(33)42)55-50(51-43)37-12-5-2-6-13-37/h1-30H. The Hall–Kier alpha value is -7.50. The summed E-state index contributed by atoms with van der Waals surface area (Å²) in [5.74, 6) is 2.49. The van der Waals surface area contributed by atoms with Gasteiger partial charge in [0, 0.05) is 33.0 Å². The monoisotopic (exact) mass is 702 g/mol. The first kappa shape index (κ1) is 31.1. The molecule has 0 saturated carbocycles. The zero-order chi connectivity index (χ0) is 36.3. The Morgan fingerprint density at radius 1 is 0.309 bits per heavy atom. The number of benzene rings is 9. The van der Waals surface area contributed by atoms with Crippen molar-refractivity contribution in [3.05, 3.63) is 182 Å². The number of rotatable bonds is 5. The van der Waals surface area contributed by atoms with Gasteiger partial charge in [0.2, 0.25) is 5.89 Å². The predicted molar refractivity (Wildman–Crippen MR) is 225 cm³/mol. The zero-order valence-corrected chi connectivity index (χ0v) is 29.5. The molecule has 0 aliphatic heterocycles. The highest BCUT2D eigenvalue weighted by molar-refractivity contribution is 6.26. The Bertz CT molecular complexity index is 3250. The first-order valence-electron chi connectivity index (χ1n) is 18.4. The molecule has 0 fully saturated rings. The quantitative estimate of drug-likeness (QED) is 0.167. The van der Waals surface area contributed by atoms with Crippen LogP contribution in [0.15, 0.2) is 186 Å². The molecule has 11 rings (SSSR count). The fourth-order valence-electron chi connectivity index (χ4n) is 7.72. The summed E-state index contributed by atoms with van der Waals surface area (Å²) in [4.78, 5) is 20.0. The Kier molecular flexibility index (Phi) is 7.10. The number of nitrogens with zero attached hydrogens (tertiary/aromatic N) is 4. The second-order valence-corrected chi connectivity index (χ2v) is 13.9. The number of aromatic nitrogens is 4. The van der Waals surface area contributed by atoms with Crippen LogP contribution in [-0.2, 0) is 0 Å². The lowest BCUT2D eigenvalue weighted by Crippen LogP contribution is -2.00. The molecule has 0 bridgehead atoms. The molecular formula is C50H30N4O. The van der Waals surface area contributed by atoms with Gasteiger partial charge >= 0.3 is 0 Å². The Balaban J connectivity index is 1.04. The summed E-state index contributed by atoms with van der Waals surface area (Å²) < 4.78 is 6.54. The van der Waals surface area contributed by atoms with E-state index in [1.54, 1.807) is 0 Å². The Morgan fingerprint density at radius 2 is 0.818 bits per heavy atom. The van der Waals surface area contributed by atoms with Crippen LogP contribution in [0.25, 0.3) is 111 Å². The molecule has 55 heavy (non-hydrogen) atoms. The van der Waals surface area contributed by atoms with Gasteiger partial charge in [-0.25, -0.2) is 19.9 Å². The molecule has 0 atom stereocenters. The van der Waals surface area contributed by atoms with Crippen LogP contribution < -0.4 is 0 Å². The van der Waals surface area contributed by atoms with E-state index < -0.39 is 0 Å². The van der Waals surface area contributed by atoms with E-state index in [0.717, 1.165) is 71.2 Å². The summed E-state index contributed by atoms with van der Waals surface area (Å²) in [5, 5.41) is 9.10. The molecule has 0 aliphatic rings. The largest absolute Gasteiger partial charge is 0.435 e.